The van der Waals surface area contributed by atoms with Gasteiger partial charge in [-0.05, 0) is 12.1 Å². The predicted octanol–water partition coefficient (Wildman–Crippen LogP) is 1.58. The van der Waals surface area contributed by atoms with Crippen LogP contribution in [-0.4, -0.2) is 49.6 Å². The van der Waals surface area contributed by atoms with Crippen molar-refractivity contribution in [2.75, 3.05) is 38.3 Å². The summed E-state index contributed by atoms with van der Waals surface area (Å²) in [6, 6.07) is 9.98. The summed E-state index contributed by atoms with van der Waals surface area (Å²) < 4.78 is 10.8. The molecule has 1 saturated heterocycles. The molecule has 2 heterocycles. The van der Waals surface area contributed by atoms with Crippen LogP contribution >= 0.6 is 0 Å². The minimum atomic E-state index is -0.0144. The molecule has 0 bridgehead atoms. The van der Waals surface area contributed by atoms with Crippen molar-refractivity contribution in [3.8, 4) is 0 Å². The summed E-state index contributed by atoms with van der Waals surface area (Å²) in [5.41, 5.74) is 1.80. The molecule has 0 spiro atoms. The number of aromatic nitrogens is 1. The van der Waals surface area contributed by atoms with E-state index in [0.717, 1.165) is 35.4 Å². The van der Waals surface area contributed by atoms with Crippen LogP contribution < -0.4 is 4.90 Å². The fourth-order valence-electron chi connectivity index (χ4n) is 2.74. The Labute approximate surface area is 124 Å². The van der Waals surface area contributed by atoms with E-state index in [2.05, 4.69) is 4.90 Å². The predicted molar refractivity (Wildman–Crippen MR) is 81.5 cm³/mol. The lowest BCUT2D eigenvalue weighted by atomic mass is 10.1. The van der Waals surface area contributed by atoms with Gasteiger partial charge in [-0.15, -0.1) is 0 Å². The van der Waals surface area contributed by atoms with Crippen LogP contribution in [0, 0.1) is 0 Å². The van der Waals surface area contributed by atoms with Gasteiger partial charge in [0.1, 0.15) is 5.82 Å². The lowest BCUT2D eigenvalue weighted by Gasteiger charge is -2.34. The first-order chi connectivity index (χ1) is 10.3. The van der Waals surface area contributed by atoms with Gasteiger partial charge in [0.05, 0.1) is 31.4 Å². The largest absolute Gasteiger partial charge is 0.392 e. The van der Waals surface area contributed by atoms with E-state index < -0.39 is 0 Å². The number of aliphatic hydroxyl groups excluding tert-OH is 1. The molecule has 1 unspecified atom stereocenters. The number of nitrogens with zero attached hydrogens (tertiary/aromatic N) is 2. The zero-order chi connectivity index (χ0) is 14.7. The lowest BCUT2D eigenvalue weighted by molar-refractivity contribution is -0.0103. The molecular weight excluding hydrogens is 268 g/mol. The average Bonchev–Trinajstić information content (AvgIpc) is 2.54. The third kappa shape index (κ3) is 3.00. The third-order valence-corrected chi connectivity index (χ3v) is 3.74. The molecule has 1 aromatic heterocycles. The normalized spacial score (nSPS) is 19.1. The third-order valence-electron chi connectivity index (χ3n) is 3.74. The fourth-order valence-corrected chi connectivity index (χ4v) is 2.74. The first-order valence-electron chi connectivity index (χ1n) is 7.17. The first kappa shape index (κ1) is 14.3. The molecule has 1 fully saturated rings. The molecule has 1 aliphatic rings. The molecule has 1 atom stereocenters. The van der Waals surface area contributed by atoms with Gasteiger partial charge in [-0.3, -0.25) is 0 Å². The number of pyridine rings is 1. The molecular formula is C16H20N2O3. The van der Waals surface area contributed by atoms with Crippen LogP contribution in [-0.2, 0) is 16.1 Å². The fraction of sp³-hybridized carbons (Fsp3) is 0.438. The number of benzene rings is 1. The summed E-state index contributed by atoms with van der Waals surface area (Å²) in [4.78, 5) is 6.91. The molecule has 3 rings (SSSR count). The molecule has 0 saturated carbocycles. The van der Waals surface area contributed by atoms with Gasteiger partial charge in [-0.1, -0.05) is 18.2 Å². The van der Waals surface area contributed by atoms with E-state index in [1.165, 1.54) is 0 Å². The van der Waals surface area contributed by atoms with Gasteiger partial charge >= 0.3 is 0 Å². The number of ether oxygens (including phenoxy) is 2. The lowest BCUT2D eigenvalue weighted by Crippen LogP contribution is -2.45. The number of aliphatic hydroxyl groups is 1. The Hall–Kier alpha value is -1.69. The van der Waals surface area contributed by atoms with Crippen molar-refractivity contribution in [3.63, 3.8) is 0 Å². The number of hydrogen-bond donors (Lipinski definition) is 1. The van der Waals surface area contributed by atoms with E-state index >= 15 is 0 Å². The number of rotatable bonds is 4. The van der Waals surface area contributed by atoms with Crippen LogP contribution in [0.4, 0.5) is 5.82 Å². The molecule has 21 heavy (non-hydrogen) atoms. The number of anilines is 1. The van der Waals surface area contributed by atoms with Crippen molar-refractivity contribution in [1.82, 2.24) is 4.98 Å². The quantitative estimate of drug-likeness (QED) is 0.925. The molecule has 1 aromatic carbocycles. The van der Waals surface area contributed by atoms with E-state index in [1.807, 2.05) is 30.3 Å². The minimum Gasteiger partial charge on any atom is -0.392 e. The van der Waals surface area contributed by atoms with Gasteiger partial charge in [-0.25, -0.2) is 4.98 Å². The van der Waals surface area contributed by atoms with E-state index in [9.17, 15) is 5.11 Å². The van der Waals surface area contributed by atoms with Crippen molar-refractivity contribution in [2.45, 2.75) is 12.7 Å². The van der Waals surface area contributed by atoms with Gasteiger partial charge < -0.3 is 19.5 Å². The van der Waals surface area contributed by atoms with Gasteiger partial charge in [0.2, 0.25) is 0 Å². The maximum absolute atomic E-state index is 9.66. The van der Waals surface area contributed by atoms with Crippen LogP contribution in [0.2, 0.25) is 0 Å². The van der Waals surface area contributed by atoms with Gasteiger partial charge in [0.15, 0.2) is 0 Å². The Bertz CT molecular complexity index is 615. The van der Waals surface area contributed by atoms with E-state index in [4.69, 9.17) is 14.5 Å². The summed E-state index contributed by atoms with van der Waals surface area (Å²) in [7, 11) is 1.68. The van der Waals surface area contributed by atoms with E-state index in [-0.39, 0.29) is 12.7 Å². The zero-order valence-corrected chi connectivity index (χ0v) is 12.2. The van der Waals surface area contributed by atoms with Crippen LogP contribution in [0.5, 0.6) is 0 Å². The second-order valence-corrected chi connectivity index (χ2v) is 5.22. The molecule has 2 aromatic rings. The van der Waals surface area contributed by atoms with E-state index in [1.54, 1.807) is 7.11 Å². The van der Waals surface area contributed by atoms with Gasteiger partial charge in [0, 0.05) is 31.1 Å². The summed E-state index contributed by atoms with van der Waals surface area (Å²) >= 11 is 0. The number of methoxy groups -OCH3 is 1. The monoisotopic (exact) mass is 288 g/mol. The molecule has 5 nitrogen and oxygen atoms in total. The highest BCUT2D eigenvalue weighted by Crippen LogP contribution is 2.25. The summed E-state index contributed by atoms with van der Waals surface area (Å²) in [5.74, 6) is 0.848. The molecule has 0 amide bonds. The molecule has 0 radical (unpaired) electrons. The van der Waals surface area contributed by atoms with Gasteiger partial charge in [0.25, 0.3) is 0 Å². The Kier molecular flexibility index (Phi) is 4.34. The summed E-state index contributed by atoms with van der Waals surface area (Å²) in [5, 5.41) is 10.7. The maximum atomic E-state index is 9.66. The first-order valence-corrected chi connectivity index (χ1v) is 7.17. The second kappa shape index (κ2) is 6.39. The standard InChI is InChI=1S/C16H20N2O3/c1-20-11-14-9-18(6-7-21-14)16-13(10-19)8-12-4-2-3-5-15(12)17-16/h2-5,8,14,19H,6-7,9-11H2,1H3. The number of hydrogen-bond acceptors (Lipinski definition) is 5. The topological polar surface area (TPSA) is 54.8 Å². The SMILES string of the molecule is COCC1CN(c2nc3ccccc3cc2CO)CCO1. The zero-order valence-electron chi connectivity index (χ0n) is 12.2. The Balaban J connectivity index is 1.94. The van der Waals surface area contributed by atoms with Crippen LogP contribution in [0.1, 0.15) is 5.56 Å². The molecule has 0 aliphatic carbocycles. The Morgan fingerprint density at radius 3 is 3.10 bits per heavy atom. The number of fused-ring (bicyclic) bond motifs is 1. The van der Waals surface area contributed by atoms with Crippen LogP contribution in [0.3, 0.4) is 0 Å². The van der Waals surface area contributed by atoms with Crippen LogP contribution in [0.25, 0.3) is 10.9 Å². The molecule has 1 aliphatic heterocycles. The van der Waals surface area contributed by atoms with Crippen molar-refractivity contribution in [2.24, 2.45) is 0 Å². The molecule has 112 valence electrons. The van der Waals surface area contributed by atoms with E-state index in [0.29, 0.717) is 13.2 Å². The minimum absolute atomic E-state index is 0.0144. The highest BCUT2D eigenvalue weighted by Gasteiger charge is 2.23. The van der Waals surface area contributed by atoms with Crippen LogP contribution in [0.15, 0.2) is 30.3 Å². The highest BCUT2D eigenvalue weighted by molar-refractivity contribution is 5.81. The molecule has 1 N–H and O–H groups in total. The molecule has 5 heteroatoms. The van der Waals surface area contributed by atoms with Crippen molar-refractivity contribution in [1.29, 1.82) is 0 Å². The van der Waals surface area contributed by atoms with Crippen molar-refractivity contribution >= 4 is 16.7 Å². The Morgan fingerprint density at radius 1 is 1.43 bits per heavy atom. The summed E-state index contributed by atoms with van der Waals surface area (Å²) in [6.07, 6.45) is 0.0450. The maximum Gasteiger partial charge on any atom is 0.134 e. The van der Waals surface area contributed by atoms with Crippen molar-refractivity contribution in [3.05, 3.63) is 35.9 Å². The highest BCUT2D eigenvalue weighted by atomic mass is 16.5. The smallest absolute Gasteiger partial charge is 0.134 e. The average molecular weight is 288 g/mol. The number of para-hydroxylation sites is 1. The van der Waals surface area contributed by atoms with Gasteiger partial charge in [-0.2, -0.15) is 0 Å². The number of morpholine rings is 1. The second-order valence-electron chi connectivity index (χ2n) is 5.22. The van der Waals surface area contributed by atoms with Crippen molar-refractivity contribution < 1.29 is 14.6 Å². The Morgan fingerprint density at radius 2 is 2.29 bits per heavy atom. The summed E-state index contributed by atoms with van der Waals surface area (Å²) in [6.45, 7) is 2.70.